The Kier molecular flexibility index (Phi) is 7.06. The van der Waals surface area contributed by atoms with E-state index in [4.69, 9.17) is 27.9 Å². The van der Waals surface area contributed by atoms with Crippen LogP contribution in [0.4, 0.5) is 15.8 Å². The predicted octanol–water partition coefficient (Wildman–Crippen LogP) is 5.87. The number of aryl methyl sites for hydroxylation is 1. The maximum absolute atomic E-state index is 14.4. The van der Waals surface area contributed by atoms with Gasteiger partial charge in [0.15, 0.2) is 21.2 Å². The third-order valence-corrected chi connectivity index (χ3v) is 11.5. The summed E-state index contributed by atoms with van der Waals surface area (Å²) in [6.07, 6.45) is 2.54. The number of halogens is 3. The van der Waals surface area contributed by atoms with E-state index in [0.717, 1.165) is 29.0 Å². The van der Waals surface area contributed by atoms with Crippen LogP contribution in [0.1, 0.15) is 36.8 Å². The summed E-state index contributed by atoms with van der Waals surface area (Å²) in [7, 11) is 1.38. The van der Waals surface area contributed by atoms with Gasteiger partial charge in [-0.2, -0.15) is 0 Å². The molecule has 3 aromatic carbocycles. The molecule has 6 unspecified atom stereocenters. The topological polar surface area (TPSA) is 104 Å². The van der Waals surface area contributed by atoms with Crippen molar-refractivity contribution in [3.63, 3.8) is 0 Å². The molecule has 0 bridgehead atoms. The molecule has 7 rings (SSSR count). The molecule has 4 aliphatic rings. The van der Waals surface area contributed by atoms with Gasteiger partial charge in [-0.1, -0.05) is 42.8 Å². The minimum absolute atomic E-state index is 0.0723. The average Bonchev–Trinajstić information content (AvgIpc) is 3.39. The first-order chi connectivity index (χ1) is 22.0. The number of anilines is 2. The van der Waals surface area contributed by atoms with Crippen molar-refractivity contribution in [2.45, 2.75) is 41.9 Å². The number of hydrogen-bond acceptors (Lipinski definition) is 6. The van der Waals surface area contributed by atoms with E-state index in [2.05, 4.69) is 0 Å². The number of fused-ring (bicyclic) bond motifs is 4. The number of amides is 4. The Morgan fingerprint density at radius 3 is 2.20 bits per heavy atom. The second kappa shape index (κ2) is 10.7. The van der Waals surface area contributed by atoms with Crippen molar-refractivity contribution in [1.82, 2.24) is 0 Å². The number of para-hydroxylation sites is 1. The summed E-state index contributed by atoms with van der Waals surface area (Å²) in [5.41, 5.74) is 2.28. The summed E-state index contributed by atoms with van der Waals surface area (Å²) in [6.45, 7) is 2.01. The zero-order valence-electron chi connectivity index (χ0n) is 24.9. The molecule has 1 saturated carbocycles. The van der Waals surface area contributed by atoms with E-state index >= 15 is 0 Å². The summed E-state index contributed by atoms with van der Waals surface area (Å²) in [6, 6.07) is 16.7. The number of rotatable bonds is 5. The first kappa shape index (κ1) is 30.4. The van der Waals surface area contributed by atoms with Crippen LogP contribution in [0.15, 0.2) is 78.4 Å². The van der Waals surface area contributed by atoms with E-state index in [-0.39, 0.29) is 41.5 Å². The van der Waals surface area contributed by atoms with Crippen molar-refractivity contribution < 1.29 is 33.4 Å². The number of carbonyl (C=O) groups excluding carboxylic acids is 4. The summed E-state index contributed by atoms with van der Waals surface area (Å²) < 4.78 is 19.2. The molecule has 3 fully saturated rings. The number of benzene rings is 3. The Morgan fingerprint density at radius 1 is 0.891 bits per heavy atom. The van der Waals surface area contributed by atoms with Gasteiger partial charge in [0.1, 0.15) is 5.82 Å². The van der Waals surface area contributed by atoms with Crippen molar-refractivity contribution in [2.24, 2.45) is 17.8 Å². The average molecular weight is 664 g/mol. The number of phenols is 1. The molecule has 4 amide bonds. The SMILES string of the molecule is CCc1ccc(N2C(=O)C3CC=C4C(CC5(Cl)C(=O)N(c6ccc(F)cc6)C(=O)C5(Cl)C4c4cccc(OC)c4O)C3C2=O)cc1. The van der Waals surface area contributed by atoms with E-state index < -0.39 is 57.0 Å². The monoisotopic (exact) mass is 662 g/mol. The van der Waals surface area contributed by atoms with Crippen LogP contribution in [0.5, 0.6) is 11.5 Å². The van der Waals surface area contributed by atoms with Crippen LogP contribution in [-0.4, -0.2) is 45.6 Å². The molecule has 0 radical (unpaired) electrons. The molecule has 46 heavy (non-hydrogen) atoms. The van der Waals surface area contributed by atoms with E-state index in [1.54, 1.807) is 30.3 Å². The Balaban J connectivity index is 1.40. The van der Waals surface area contributed by atoms with Crippen molar-refractivity contribution in [3.8, 4) is 11.5 Å². The zero-order chi connectivity index (χ0) is 32.7. The minimum Gasteiger partial charge on any atom is -0.504 e. The molecule has 1 N–H and O–H groups in total. The van der Waals surface area contributed by atoms with Crippen molar-refractivity contribution in [3.05, 3.63) is 95.3 Å². The quantitative estimate of drug-likeness (QED) is 0.208. The van der Waals surface area contributed by atoms with Crippen LogP contribution in [0.3, 0.4) is 0 Å². The Labute approximate surface area is 274 Å². The molecule has 3 aromatic rings. The number of hydrogen-bond donors (Lipinski definition) is 1. The Morgan fingerprint density at radius 2 is 1.54 bits per heavy atom. The third-order valence-electron chi connectivity index (χ3n) is 10.1. The van der Waals surface area contributed by atoms with E-state index in [0.29, 0.717) is 11.3 Å². The molecule has 6 atom stereocenters. The normalized spacial score (nSPS) is 30.2. The second-order valence-electron chi connectivity index (χ2n) is 12.2. The number of nitrogens with zero attached hydrogens (tertiary/aromatic N) is 2. The number of methoxy groups -OCH3 is 1. The highest BCUT2D eigenvalue weighted by atomic mass is 35.5. The number of carbonyl (C=O) groups is 4. The molecule has 236 valence electrons. The fraction of sp³-hybridized carbons (Fsp3) is 0.314. The maximum Gasteiger partial charge on any atom is 0.258 e. The lowest BCUT2D eigenvalue weighted by molar-refractivity contribution is -0.125. The molecular weight excluding hydrogens is 634 g/mol. The first-order valence-corrected chi connectivity index (χ1v) is 15.8. The third kappa shape index (κ3) is 3.97. The van der Waals surface area contributed by atoms with E-state index in [9.17, 15) is 28.7 Å². The number of phenolic OH excluding ortho intramolecular Hbond substituents is 1. The van der Waals surface area contributed by atoms with Gasteiger partial charge in [0.05, 0.1) is 30.3 Å². The minimum atomic E-state index is -2.17. The van der Waals surface area contributed by atoms with Crippen LogP contribution in [0.25, 0.3) is 0 Å². The van der Waals surface area contributed by atoms with Crippen LogP contribution < -0.4 is 14.5 Å². The van der Waals surface area contributed by atoms with Crippen LogP contribution in [0.2, 0.25) is 0 Å². The van der Waals surface area contributed by atoms with Gasteiger partial charge in [0.2, 0.25) is 11.8 Å². The maximum atomic E-state index is 14.4. The van der Waals surface area contributed by atoms with Crippen LogP contribution >= 0.6 is 23.2 Å². The highest BCUT2D eigenvalue weighted by Gasteiger charge is 2.77. The molecule has 8 nitrogen and oxygen atoms in total. The smallest absolute Gasteiger partial charge is 0.258 e. The largest absolute Gasteiger partial charge is 0.504 e. The molecule has 2 heterocycles. The summed E-state index contributed by atoms with van der Waals surface area (Å²) >= 11 is 14.7. The number of alkyl halides is 2. The highest BCUT2D eigenvalue weighted by molar-refractivity contribution is 6.58. The zero-order valence-corrected chi connectivity index (χ0v) is 26.4. The lowest BCUT2D eigenvalue weighted by atomic mass is 9.56. The first-order valence-electron chi connectivity index (χ1n) is 15.0. The molecule has 11 heteroatoms. The standard InChI is InChI=1S/C35H29Cl2FN2O6/c1-3-18-7-11-20(12-8-18)39-30(42)23-16-15-22-25(27(23)31(39)43)17-34(36)32(44)40(21-13-9-19(38)10-14-21)33(45)35(34,37)28(22)24-5-4-6-26(46-2)29(24)41/h4-15,23,25,27-28,41H,3,16-17H2,1-2H3. The summed E-state index contributed by atoms with van der Waals surface area (Å²) in [5, 5.41) is 11.4. The van der Waals surface area contributed by atoms with Crippen molar-refractivity contribution in [2.75, 3.05) is 16.9 Å². The van der Waals surface area contributed by atoms with Gasteiger partial charge >= 0.3 is 0 Å². The highest BCUT2D eigenvalue weighted by Crippen LogP contribution is 2.66. The van der Waals surface area contributed by atoms with Gasteiger partial charge in [-0.05, 0) is 73.2 Å². The molecule has 2 aliphatic carbocycles. The van der Waals surface area contributed by atoms with Gasteiger partial charge in [0.25, 0.3) is 11.8 Å². The van der Waals surface area contributed by atoms with Gasteiger partial charge in [-0.25, -0.2) is 9.29 Å². The summed E-state index contributed by atoms with van der Waals surface area (Å²) in [4.78, 5) is 54.6. The molecule has 2 saturated heterocycles. The van der Waals surface area contributed by atoms with Crippen LogP contribution in [-0.2, 0) is 25.6 Å². The van der Waals surface area contributed by atoms with E-state index in [1.807, 2.05) is 19.1 Å². The Bertz CT molecular complexity index is 1850. The lowest BCUT2D eigenvalue weighted by Gasteiger charge is -2.50. The van der Waals surface area contributed by atoms with Gasteiger partial charge in [-0.15, -0.1) is 23.2 Å². The number of aromatic hydroxyl groups is 1. The van der Waals surface area contributed by atoms with Gasteiger partial charge < -0.3 is 9.84 Å². The number of imide groups is 2. The fourth-order valence-corrected chi connectivity index (χ4v) is 8.74. The van der Waals surface area contributed by atoms with Gasteiger partial charge in [0, 0.05) is 11.5 Å². The van der Waals surface area contributed by atoms with E-state index in [1.165, 1.54) is 30.2 Å². The Hall–Kier alpha value is -4.21. The molecular formula is C35H29Cl2FN2O6. The number of allylic oxidation sites excluding steroid dienone is 2. The second-order valence-corrected chi connectivity index (χ2v) is 13.4. The molecule has 0 aromatic heterocycles. The molecule has 0 spiro atoms. The molecule has 2 aliphatic heterocycles. The van der Waals surface area contributed by atoms with Crippen molar-refractivity contribution >= 4 is 58.2 Å². The number of ether oxygens (including phenoxy) is 1. The van der Waals surface area contributed by atoms with Crippen LogP contribution in [0, 0.1) is 23.6 Å². The predicted molar refractivity (Wildman–Crippen MR) is 170 cm³/mol. The fourth-order valence-electron chi connectivity index (χ4n) is 7.82. The van der Waals surface area contributed by atoms with Gasteiger partial charge in [-0.3, -0.25) is 24.1 Å². The lowest BCUT2D eigenvalue weighted by Crippen LogP contribution is -2.60. The summed E-state index contributed by atoms with van der Waals surface area (Å²) in [5.74, 6) is -6.82. The van der Waals surface area contributed by atoms with Crippen molar-refractivity contribution in [1.29, 1.82) is 0 Å².